The Morgan fingerprint density at radius 2 is 1.77 bits per heavy atom. The minimum absolute atomic E-state index is 0.000739. The summed E-state index contributed by atoms with van der Waals surface area (Å²) in [5.41, 5.74) is 0.202. The van der Waals surface area contributed by atoms with E-state index >= 15 is 0 Å². The summed E-state index contributed by atoms with van der Waals surface area (Å²) >= 11 is 0. The van der Waals surface area contributed by atoms with E-state index in [9.17, 15) is 27.9 Å². The molecule has 0 aliphatic heterocycles. The number of carbonyl (C=O) groups is 2. The third-order valence-corrected chi connectivity index (χ3v) is 4.27. The van der Waals surface area contributed by atoms with E-state index in [1.807, 2.05) is 0 Å². The van der Waals surface area contributed by atoms with Crippen molar-refractivity contribution in [3.8, 4) is 0 Å². The van der Waals surface area contributed by atoms with Crippen LogP contribution < -0.4 is 5.32 Å². The number of aliphatic carboxylic acids is 1. The van der Waals surface area contributed by atoms with Crippen molar-refractivity contribution in [2.24, 2.45) is 0 Å². The van der Waals surface area contributed by atoms with E-state index in [1.165, 1.54) is 7.11 Å². The monoisotopic (exact) mass is 440 g/mol. The number of nitrogens with one attached hydrogen (secondary N) is 1. The molecule has 0 bridgehead atoms. The van der Waals surface area contributed by atoms with Crippen LogP contribution in [0.25, 0.3) is 0 Å². The van der Waals surface area contributed by atoms with Gasteiger partial charge in [0.15, 0.2) is 6.10 Å². The van der Waals surface area contributed by atoms with Gasteiger partial charge >= 0.3 is 12.1 Å². The zero-order valence-corrected chi connectivity index (χ0v) is 17.1. The number of ether oxygens (including phenoxy) is 2. The van der Waals surface area contributed by atoms with Crippen LogP contribution in [0.1, 0.15) is 47.1 Å². The van der Waals surface area contributed by atoms with Crippen LogP contribution in [0.5, 0.6) is 0 Å². The Labute approximate surface area is 177 Å². The summed E-state index contributed by atoms with van der Waals surface area (Å²) in [5.74, 6) is -1.72. The molecule has 0 aliphatic carbocycles. The van der Waals surface area contributed by atoms with Crippen molar-refractivity contribution in [1.29, 1.82) is 0 Å². The number of hydrogen-bond donors (Lipinski definition) is 2. The molecule has 2 unspecified atom stereocenters. The standard InChI is InChI=1S/C21H23F3N2O5/c1-12(2)31-18(20(28)29)17(30-3)14-6-4-13(5-7-14)10-26-19(27)15-8-9-16(25-11-15)21(22,23)24/h4-9,11-12,17-18H,10H2,1-3H3,(H,26,27)(H,28,29). The van der Waals surface area contributed by atoms with Gasteiger partial charge in [-0.3, -0.25) is 9.78 Å². The first-order valence-corrected chi connectivity index (χ1v) is 9.34. The Kier molecular flexibility index (Phi) is 8.12. The van der Waals surface area contributed by atoms with Crippen LogP contribution in [-0.4, -0.2) is 41.3 Å². The summed E-state index contributed by atoms with van der Waals surface area (Å²) < 4.78 is 48.4. The van der Waals surface area contributed by atoms with Gasteiger partial charge in [0.1, 0.15) is 11.8 Å². The second-order valence-corrected chi connectivity index (χ2v) is 6.95. The van der Waals surface area contributed by atoms with E-state index < -0.39 is 36.0 Å². The minimum atomic E-state index is -4.57. The Morgan fingerprint density at radius 1 is 1.13 bits per heavy atom. The molecule has 7 nitrogen and oxygen atoms in total. The van der Waals surface area contributed by atoms with Crippen molar-refractivity contribution in [1.82, 2.24) is 10.3 Å². The SMILES string of the molecule is COC(c1ccc(CNC(=O)c2ccc(C(F)(F)F)nc2)cc1)C(OC(C)C)C(=O)O. The molecule has 0 spiro atoms. The fraction of sp³-hybridized carbons (Fsp3) is 0.381. The Morgan fingerprint density at radius 3 is 2.23 bits per heavy atom. The lowest BCUT2D eigenvalue weighted by Gasteiger charge is -2.25. The number of methoxy groups -OCH3 is 1. The van der Waals surface area contributed by atoms with Gasteiger partial charge in [-0.1, -0.05) is 24.3 Å². The average molecular weight is 440 g/mol. The summed E-state index contributed by atoms with van der Waals surface area (Å²) in [6.45, 7) is 3.56. The third-order valence-electron chi connectivity index (χ3n) is 4.27. The number of carboxylic acid groups (broad SMARTS) is 1. The topological polar surface area (TPSA) is 97.8 Å². The molecule has 2 atom stereocenters. The molecule has 1 heterocycles. The molecule has 2 aromatic rings. The van der Waals surface area contributed by atoms with E-state index in [2.05, 4.69) is 10.3 Å². The predicted octanol–water partition coefficient (Wildman–Crippen LogP) is 3.60. The summed E-state index contributed by atoms with van der Waals surface area (Å²) in [6, 6.07) is 8.48. The summed E-state index contributed by atoms with van der Waals surface area (Å²) in [4.78, 5) is 26.9. The first-order valence-electron chi connectivity index (χ1n) is 9.34. The van der Waals surface area contributed by atoms with Gasteiger partial charge in [0.2, 0.25) is 0 Å². The smallest absolute Gasteiger partial charge is 0.433 e. The van der Waals surface area contributed by atoms with E-state index in [0.29, 0.717) is 11.1 Å². The van der Waals surface area contributed by atoms with Crippen LogP contribution in [-0.2, 0) is 27.0 Å². The molecular weight excluding hydrogens is 417 g/mol. The highest BCUT2D eigenvalue weighted by Crippen LogP contribution is 2.27. The molecular formula is C21H23F3N2O5. The molecule has 2 N–H and O–H groups in total. The molecule has 2 rings (SSSR count). The zero-order chi connectivity index (χ0) is 23.2. The molecule has 1 amide bonds. The number of halogens is 3. The molecule has 0 saturated heterocycles. The van der Waals surface area contributed by atoms with Crippen molar-refractivity contribution in [2.45, 2.75) is 44.9 Å². The second-order valence-electron chi connectivity index (χ2n) is 6.95. The minimum Gasteiger partial charge on any atom is -0.479 e. The molecule has 1 aromatic carbocycles. The average Bonchev–Trinajstić information content (AvgIpc) is 2.71. The number of amides is 1. The molecule has 10 heteroatoms. The molecule has 0 aliphatic rings. The van der Waals surface area contributed by atoms with Crippen LogP contribution in [0.3, 0.4) is 0 Å². The van der Waals surface area contributed by atoms with Gasteiger partial charge in [-0.05, 0) is 37.1 Å². The highest BCUT2D eigenvalue weighted by molar-refractivity contribution is 5.93. The molecule has 168 valence electrons. The lowest BCUT2D eigenvalue weighted by molar-refractivity contribution is -0.165. The maximum Gasteiger partial charge on any atom is 0.433 e. The summed E-state index contributed by atoms with van der Waals surface area (Å²) in [6.07, 6.45) is -6.04. The number of benzene rings is 1. The first kappa shape index (κ1) is 24.3. The fourth-order valence-corrected chi connectivity index (χ4v) is 2.79. The molecule has 0 fully saturated rings. The van der Waals surface area contributed by atoms with Gasteiger partial charge in [-0.25, -0.2) is 4.79 Å². The number of alkyl halides is 3. The number of pyridine rings is 1. The first-order chi connectivity index (χ1) is 14.5. The molecule has 0 saturated carbocycles. The van der Waals surface area contributed by atoms with Gasteiger partial charge in [0.05, 0.1) is 11.7 Å². The van der Waals surface area contributed by atoms with Gasteiger partial charge < -0.3 is 19.9 Å². The van der Waals surface area contributed by atoms with Crippen LogP contribution >= 0.6 is 0 Å². The van der Waals surface area contributed by atoms with Gasteiger partial charge in [0, 0.05) is 19.9 Å². The zero-order valence-electron chi connectivity index (χ0n) is 17.1. The largest absolute Gasteiger partial charge is 0.479 e. The van der Waals surface area contributed by atoms with E-state index in [-0.39, 0.29) is 18.2 Å². The lowest BCUT2D eigenvalue weighted by atomic mass is 10.0. The van der Waals surface area contributed by atoms with Crippen LogP contribution in [0, 0.1) is 0 Å². The second kappa shape index (κ2) is 10.4. The van der Waals surface area contributed by atoms with Crippen molar-refractivity contribution in [2.75, 3.05) is 7.11 Å². The van der Waals surface area contributed by atoms with E-state index in [0.717, 1.165) is 18.3 Å². The number of aromatic nitrogens is 1. The number of rotatable bonds is 9. The van der Waals surface area contributed by atoms with E-state index in [1.54, 1.807) is 38.1 Å². The third kappa shape index (κ3) is 6.76. The van der Waals surface area contributed by atoms with Crippen LogP contribution in [0.15, 0.2) is 42.6 Å². The normalized spacial score (nSPS) is 13.6. The highest BCUT2D eigenvalue weighted by Gasteiger charge is 2.32. The number of carbonyl (C=O) groups excluding carboxylic acids is 1. The number of carboxylic acids is 1. The molecule has 0 radical (unpaired) electrons. The fourth-order valence-electron chi connectivity index (χ4n) is 2.79. The Hall–Kier alpha value is -2.98. The van der Waals surface area contributed by atoms with Crippen molar-refractivity contribution in [3.05, 3.63) is 65.0 Å². The molecule has 31 heavy (non-hydrogen) atoms. The maximum absolute atomic E-state index is 12.5. The van der Waals surface area contributed by atoms with Crippen LogP contribution in [0.4, 0.5) is 13.2 Å². The quantitative estimate of drug-likeness (QED) is 0.619. The maximum atomic E-state index is 12.5. The number of nitrogens with zero attached hydrogens (tertiary/aromatic N) is 1. The predicted molar refractivity (Wildman–Crippen MR) is 104 cm³/mol. The Balaban J connectivity index is 2.03. The van der Waals surface area contributed by atoms with Crippen molar-refractivity contribution < 1.29 is 37.3 Å². The van der Waals surface area contributed by atoms with Gasteiger partial charge in [-0.15, -0.1) is 0 Å². The summed E-state index contributed by atoms with van der Waals surface area (Å²) in [5, 5.41) is 12.0. The Bertz CT molecular complexity index is 883. The van der Waals surface area contributed by atoms with E-state index in [4.69, 9.17) is 9.47 Å². The highest BCUT2D eigenvalue weighted by atomic mass is 19.4. The van der Waals surface area contributed by atoms with Gasteiger partial charge in [-0.2, -0.15) is 13.2 Å². The lowest BCUT2D eigenvalue weighted by Crippen LogP contribution is -2.34. The van der Waals surface area contributed by atoms with Crippen molar-refractivity contribution in [3.63, 3.8) is 0 Å². The van der Waals surface area contributed by atoms with Crippen molar-refractivity contribution >= 4 is 11.9 Å². The van der Waals surface area contributed by atoms with Crippen LogP contribution in [0.2, 0.25) is 0 Å². The number of hydrogen-bond acceptors (Lipinski definition) is 5. The van der Waals surface area contributed by atoms with Gasteiger partial charge in [0.25, 0.3) is 5.91 Å². The molecule has 1 aromatic heterocycles. The summed E-state index contributed by atoms with van der Waals surface area (Å²) in [7, 11) is 1.39.